The van der Waals surface area contributed by atoms with E-state index in [9.17, 15) is 4.79 Å². The monoisotopic (exact) mass is 293 g/mol. The third-order valence-corrected chi connectivity index (χ3v) is 3.24. The van der Waals surface area contributed by atoms with E-state index in [1.807, 2.05) is 13.0 Å². The van der Waals surface area contributed by atoms with Gasteiger partial charge >= 0.3 is 5.97 Å². The second-order valence-corrected chi connectivity index (χ2v) is 5.73. The standard InChI is InChI=1S/C16H27N3O2/c1-12(2)9-7-5-6-8-10-17-14-11-13(3)18-15(19-14)16(20)21-4/h11-12H,5-10H2,1-4H3,(H,17,18,19). The molecule has 0 aliphatic rings. The van der Waals surface area contributed by atoms with Gasteiger partial charge in [-0.25, -0.2) is 14.8 Å². The fourth-order valence-corrected chi connectivity index (χ4v) is 2.09. The largest absolute Gasteiger partial charge is 0.463 e. The fourth-order valence-electron chi connectivity index (χ4n) is 2.09. The molecule has 0 saturated heterocycles. The van der Waals surface area contributed by atoms with Gasteiger partial charge in [0.2, 0.25) is 5.82 Å². The van der Waals surface area contributed by atoms with Crippen molar-refractivity contribution in [3.63, 3.8) is 0 Å². The summed E-state index contributed by atoms with van der Waals surface area (Å²) in [7, 11) is 1.33. The van der Waals surface area contributed by atoms with Crippen molar-refractivity contribution < 1.29 is 9.53 Å². The van der Waals surface area contributed by atoms with Gasteiger partial charge in [-0.3, -0.25) is 0 Å². The average molecular weight is 293 g/mol. The fraction of sp³-hybridized carbons (Fsp3) is 0.688. The molecule has 1 heterocycles. The van der Waals surface area contributed by atoms with Crippen LogP contribution in [0.5, 0.6) is 0 Å². The van der Waals surface area contributed by atoms with Gasteiger partial charge in [0, 0.05) is 18.3 Å². The number of esters is 1. The minimum Gasteiger partial charge on any atom is -0.463 e. The van der Waals surface area contributed by atoms with Gasteiger partial charge in [0.1, 0.15) is 5.82 Å². The molecule has 1 aromatic rings. The summed E-state index contributed by atoms with van der Waals surface area (Å²) in [6, 6.07) is 1.84. The summed E-state index contributed by atoms with van der Waals surface area (Å²) in [5, 5.41) is 3.25. The highest BCUT2D eigenvalue weighted by Crippen LogP contribution is 2.11. The van der Waals surface area contributed by atoms with E-state index in [0.717, 1.165) is 24.6 Å². The molecule has 0 aromatic carbocycles. The van der Waals surface area contributed by atoms with Gasteiger partial charge in [0.15, 0.2) is 0 Å². The number of nitrogens with one attached hydrogen (secondary N) is 1. The Morgan fingerprint density at radius 1 is 1.24 bits per heavy atom. The number of hydrogen-bond donors (Lipinski definition) is 1. The predicted molar refractivity (Wildman–Crippen MR) is 84.5 cm³/mol. The molecule has 0 radical (unpaired) electrons. The average Bonchev–Trinajstić information content (AvgIpc) is 2.44. The zero-order valence-corrected chi connectivity index (χ0v) is 13.6. The molecule has 0 bridgehead atoms. The van der Waals surface area contributed by atoms with Crippen molar-refractivity contribution in [3.05, 3.63) is 17.6 Å². The molecule has 0 fully saturated rings. The number of methoxy groups -OCH3 is 1. The van der Waals surface area contributed by atoms with Crippen LogP contribution in [0.2, 0.25) is 0 Å². The van der Waals surface area contributed by atoms with E-state index in [1.54, 1.807) is 0 Å². The minimum atomic E-state index is -0.504. The quantitative estimate of drug-likeness (QED) is 0.557. The molecule has 0 aliphatic carbocycles. The number of aryl methyl sites for hydroxylation is 1. The lowest BCUT2D eigenvalue weighted by Crippen LogP contribution is -2.12. The second kappa shape index (κ2) is 9.32. The summed E-state index contributed by atoms with van der Waals surface area (Å²) in [6.45, 7) is 7.22. The van der Waals surface area contributed by atoms with E-state index in [-0.39, 0.29) is 5.82 Å². The maximum atomic E-state index is 11.4. The molecule has 21 heavy (non-hydrogen) atoms. The van der Waals surface area contributed by atoms with E-state index in [4.69, 9.17) is 0 Å². The Hall–Kier alpha value is -1.65. The van der Waals surface area contributed by atoms with Crippen molar-refractivity contribution in [1.29, 1.82) is 0 Å². The number of anilines is 1. The lowest BCUT2D eigenvalue weighted by Gasteiger charge is -2.08. The van der Waals surface area contributed by atoms with Crippen LogP contribution in [-0.2, 0) is 4.74 Å². The van der Waals surface area contributed by atoms with Crippen LogP contribution in [0.3, 0.4) is 0 Å². The summed E-state index contributed by atoms with van der Waals surface area (Å²) in [4.78, 5) is 19.7. The van der Waals surface area contributed by atoms with Crippen molar-refractivity contribution in [2.75, 3.05) is 19.0 Å². The van der Waals surface area contributed by atoms with E-state index in [0.29, 0.717) is 5.82 Å². The Morgan fingerprint density at radius 3 is 2.62 bits per heavy atom. The number of carbonyl (C=O) groups is 1. The van der Waals surface area contributed by atoms with Gasteiger partial charge in [-0.2, -0.15) is 0 Å². The Bertz CT molecular complexity index is 447. The Balaban J connectivity index is 2.32. The first-order chi connectivity index (χ1) is 10.0. The molecule has 118 valence electrons. The number of hydrogen-bond acceptors (Lipinski definition) is 5. The predicted octanol–water partition coefficient (Wildman–Crippen LogP) is 3.59. The lowest BCUT2D eigenvalue weighted by atomic mass is 10.0. The first kappa shape index (κ1) is 17.4. The van der Waals surface area contributed by atoms with E-state index < -0.39 is 5.97 Å². The molecule has 1 N–H and O–H groups in total. The first-order valence-electron chi connectivity index (χ1n) is 7.70. The van der Waals surface area contributed by atoms with Crippen LogP contribution in [0.15, 0.2) is 6.07 Å². The van der Waals surface area contributed by atoms with E-state index in [2.05, 4.69) is 33.9 Å². The molecular formula is C16H27N3O2. The highest BCUT2D eigenvalue weighted by molar-refractivity contribution is 5.85. The maximum Gasteiger partial charge on any atom is 0.376 e. The van der Waals surface area contributed by atoms with E-state index >= 15 is 0 Å². The Kier molecular flexibility index (Phi) is 7.72. The number of aromatic nitrogens is 2. The number of nitrogens with zero attached hydrogens (tertiary/aromatic N) is 2. The molecule has 0 atom stereocenters. The van der Waals surface area contributed by atoms with Gasteiger partial charge in [0.05, 0.1) is 7.11 Å². The number of ether oxygens (including phenoxy) is 1. The van der Waals surface area contributed by atoms with Crippen molar-refractivity contribution in [1.82, 2.24) is 9.97 Å². The summed E-state index contributed by atoms with van der Waals surface area (Å²) >= 11 is 0. The van der Waals surface area contributed by atoms with Crippen molar-refractivity contribution in [2.45, 2.75) is 52.9 Å². The molecule has 0 amide bonds. The summed E-state index contributed by atoms with van der Waals surface area (Å²) in [5.74, 6) is 1.08. The third-order valence-electron chi connectivity index (χ3n) is 3.24. The first-order valence-corrected chi connectivity index (χ1v) is 7.70. The third kappa shape index (κ3) is 7.06. The molecular weight excluding hydrogens is 266 g/mol. The topological polar surface area (TPSA) is 64.1 Å². The zero-order chi connectivity index (χ0) is 15.7. The van der Waals surface area contributed by atoms with Crippen molar-refractivity contribution in [2.24, 2.45) is 5.92 Å². The highest BCUT2D eigenvalue weighted by atomic mass is 16.5. The van der Waals surface area contributed by atoms with Crippen LogP contribution in [0.4, 0.5) is 5.82 Å². The smallest absolute Gasteiger partial charge is 0.376 e. The van der Waals surface area contributed by atoms with Crippen LogP contribution < -0.4 is 5.32 Å². The molecule has 1 aromatic heterocycles. The zero-order valence-electron chi connectivity index (χ0n) is 13.6. The van der Waals surface area contributed by atoms with Gasteiger partial charge in [-0.1, -0.05) is 39.5 Å². The lowest BCUT2D eigenvalue weighted by molar-refractivity contribution is 0.0586. The molecule has 5 nitrogen and oxygen atoms in total. The minimum absolute atomic E-state index is 0.108. The van der Waals surface area contributed by atoms with Gasteiger partial charge < -0.3 is 10.1 Å². The van der Waals surface area contributed by atoms with Crippen molar-refractivity contribution in [3.8, 4) is 0 Å². The Labute approximate surface area is 127 Å². The van der Waals surface area contributed by atoms with Crippen LogP contribution in [0, 0.1) is 12.8 Å². The number of unbranched alkanes of at least 4 members (excludes halogenated alkanes) is 3. The molecule has 0 unspecified atom stereocenters. The van der Waals surface area contributed by atoms with Crippen molar-refractivity contribution >= 4 is 11.8 Å². The summed E-state index contributed by atoms with van der Waals surface area (Å²) in [6.07, 6.45) is 6.20. The number of carbonyl (C=O) groups excluding carboxylic acids is 1. The molecule has 0 spiro atoms. The maximum absolute atomic E-state index is 11.4. The molecule has 0 aliphatic heterocycles. The number of rotatable bonds is 9. The van der Waals surface area contributed by atoms with Gasteiger partial charge in [-0.15, -0.1) is 0 Å². The van der Waals surface area contributed by atoms with Gasteiger partial charge in [0.25, 0.3) is 0 Å². The van der Waals surface area contributed by atoms with Crippen LogP contribution >= 0.6 is 0 Å². The van der Waals surface area contributed by atoms with Crippen LogP contribution in [0.25, 0.3) is 0 Å². The summed E-state index contributed by atoms with van der Waals surface area (Å²) < 4.78 is 4.64. The highest BCUT2D eigenvalue weighted by Gasteiger charge is 2.11. The molecule has 0 saturated carbocycles. The SMILES string of the molecule is COC(=O)c1nc(C)cc(NCCCCCCC(C)C)n1. The molecule has 5 heteroatoms. The van der Waals surface area contributed by atoms with Crippen LogP contribution in [0.1, 0.15) is 62.3 Å². The van der Waals surface area contributed by atoms with E-state index in [1.165, 1.54) is 32.8 Å². The van der Waals surface area contributed by atoms with Crippen LogP contribution in [-0.4, -0.2) is 29.6 Å². The second-order valence-electron chi connectivity index (χ2n) is 5.73. The normalized spacial score (nSPS) is 10.7. The molecule has 1 rings (SSSR count). The summed E-state index contributed by atoms with van der Waals surface area (Å²) in [5.41, 5.74) is 0.754. The Morgan fingerprint density at radius 2 is 1.95 bits per heavy atom. The van der Waals surface area contributed by atoms with Gasteiger partial charge in [-0.05, 0) is 19.3 Å².